The minimum Gasteiger partial charge on any atom is -0.374 e. The molecule has 1 aliphatic heterocycles. The molecule has 8 heteroatoms. The van der Waals surface area contributed by atoms with E-state index in [2.05, 4.69) is 11.9 Å². The molecule has 0 N–H and O–H groups in total. The molecule has 2 unspecified atom stereocenters. The molecule has 4 rings (SSSR count). The van der Waals surface area contributed by atoms with Crippen molar-refractivity contribution in [1.82, 2.24) is 4.98 Å². The molecule has 3 aromatic rings. The van der Waals surface area contributed by atoms with E-state index in [1.54, 1.807) is 18.3 Å². The van der Waals surface area contributed by atoms with Gasteiger partial charge in [0.05, 0.1) is 22.7 Å². The van der Waals surface area contributed by atoms with E-state index in [4.69, 9.17) is 4.74 Å². The van der Waals surface area contributed by atoms with E-state index in [0.717, 1.165) is 43.1 Å². The zero-order valence-electron chi connectivity index (χ0n) is 18.0. The standard InChI is InChI=1S/C26H19F6NO/c1-15-2-5-19(34-14-15)6-3-16-4-7-23(33-13-16)17-10-18-12-21(27)20(8-9-26(30,31)32)25(29)24(18)22(28)11-17/h3-4,6-7,10-13,15,19H,2,5,14H2,1H3/b6-3+. The first-order valence-corrected chi connectivity index (χ1v) is 10.6. The zero-order valence-corrected chi connectivity index (χ0v) is 18.0. The van der Waals surface area contributed by atoms with Gasteiger partial charge in [-0.15, -0.1) is 0 Å². The van der Waals surface area contributed by atoms with Crippen molar-refractivity contribution in [3.63, 3.8) is 0 Å². The van der Waals surface area contributed by atoms with Crippen molar-refractivity contribution < 1.29 is 31.1 Å². The van der Waals surface area contributed by atoms with Crippen LogP contribution in [0.15, 0.2) is 42.6 Å². The average molecular weight is 475 g/mol. The molecular formula is C26H19F6NO. The van der Waals surface area contributed by atoms with Crippen molar-refractivity contribution >= 4 is 16.8 Å². The third kappa shape index (κ3) is 5.42. The maximum Gasteiger partial charge on any atom is 0.458 e. The molecule has 0 amide bonds. The van der Waals surface area contributed by atoms with Crippen LogP contribution in [0.25, 0.3) is 28.1 Å². The molecular weight excluding hydrogens is 456 g/mol. The van der Waals surface area contributed by atoms with Gasteiger partial charge in [0.25, 0.3) is 0 Å². The zero-order chi connectivity index (χ0) is 24.5. The molecule has 34 heavy (non-hydrogen) atoms. The Hall–Kier alpha value is -3.31. The van der Waals surface area contributed by atoms with Crippen LogP contribution in [-0.4, -0.2) is 23.9 Å². The first-order chi connectivity index (χ1) is 16.1. The van der Waals surface area contributed by atoms with Crippen LogP contribution in [0.1, 0.15) is 30.9 Å². The number of pyridine rings is 1. The molecule has 1 aromatic heterocycles. The number of aromatic nitrogens is 1. The Balaban J connectivity index is 1.62. The molecule has 2 atom stereocenters. The second-order valence-electron chi connectivity index (χ2n) is 8.24. The average Bonchev–Trinajstić information content (AvgIpc) is 2.77. The van der Waals surface area contributed by atoms with Crippen molar-refractivity contribution in [1.29, 1.82) is 0 Å². The maximum absolute atomic E-state index is 14.7. The van der Waals surface area contributed by atoms with Crippen LogP contribution in [-0.2, 0) is 4.74 Å². The first-order valence-electron chi connectivity index (χ1n) is 10.6. The Morgan fingerprint density at radius 1 is 1.06 bits per heavy atom. The number of nitrogens with zero attached hydrogens (tertiary/aromatic N) is 1. The predicted molar refractivity (Wildman–Crippen MR) is 117 cm³/mol. The number of rotatable bonds is 3. The second kappa shape index (κ2) is 9.51. The van der Waals surface area contributed by atoms with Gasteiger partial charge in [-0.05, 0) is 54.0 Å². The highest BCUT2D eigenvalue weighted by atomic mass is 19.4. The van der Waals surface area contributed by atoms with Gasteiger partial charge in [-0.1, -0.05) is 31.1 Å². The van der Waals surface area contributed by atoms with Gasteiger partial charge in [-0.25, -0.2) is 13.2 Å². The van der Waals surface area contributed by atoms with Gasteiger partial charge in [0.15, 0.2) is 5.82 Å². The van der Waals surface area contributed by atoms with E-state index in [-0.39, 0.29) is 17.1 Å². The van der Waals surface area contributed by atoms with E-state index in [9.17, 15) is 26.3 Å². The van der Waals surface area contributed by atoms with E-state index in [0.29, 0.717) is 11.6 Å². The van der Waals surface area contributed by atoms with Gasteiger partial charge < -0.3 is 4.74 Å². The fraction of sp³-hybridized carbons (Fsp3) is 0.269. The third-order valence-corrected chi connectivity index (χ3v) is 5.53. The minimum atomic E-state index is -4.94. The molecule has 1 fully saturated rings. The van der Waals surface area contributed by atoms with Crippen LogP contribution in [0.4, 0.5) is 26.3 Å². The summed E-state index contributed by atoms with van der Waals surface area (Å²) in [5.74, 6) is -1.09. The molecule has 1 aliphatic rings. The molecule has 0 saturated carbocycles. The van der Waals surface area contributed by atoms with E-state index < -0.39 is 34.6 Å². The fourth-order valence-electron chi connectivity index (χ4n) is 3.76. The smallest absolute Gasteiger partial charge is 0.374 e. The highest BCUT2D eigenvalue weighted by Crippen LogP contribution is 2.31. The molecule has 0 bridgehead atoms. The summed E-state index contributed by atoms with van der Waals surface area (Å²) in [5, 5.41) is -0.796. The normalized spacial score (nSPS) is 18.8. The van der Waals surface area contributed by atoms with Crippen molar-refractivity contribution in [2.75, 3.05) is 6.61 Å². The van der Waals surface area contributed by atoms with E-state index >= 15 is 0 Å². The van der Waals surface area contributed by atoms with Crippen LogP contribution in [0.5, 0.6) is 0 Å². The van der Waals surface area contributed by atoms with Crippen LogP contribution in [0.2, 0.25) is 0 Å². The Morgan fingerprint density at radius 2 is 1.85 bits per heavy atom. The van der Waals surface area contributed by atoms with Crippen LogP contribution >= 0.6 is 0 Å². The number of hydrogen-bond donors (Lipinski definition) is 0. The topological polar surface area (TPSA) is 22.1 Å². The number of halogens is 6. The number of hydrogen-bond acceptors (Lipinski definition) is 2. The Labute approximate surface area is 192 Å². The summed E-state index contributed by atoms with van der Waals surface area (Å²) in [7, 11) is 0. The highest BCUT2D eigenvalue weighted by Gasteiger charge is 2.24. The first kappa shape index (κ1) is 23.8. The third-order valence-electron chi connectivity index (χ3n) is 5.53. The summed E-state index contributed by atoms with van der Waals surface area (Å²) < 4.78 is 86.3. The number of fused-ring (bicyclic) bond motifs is 1. The summed E-state index contributed by atoms with van der Waals surface area (Å²) in [6.45, 7) is 2.86. The SMILES string of the molecule is CC1CCC(/C=C/c2ccc(-c3cc(F)c4c(F)c(C#CC(F)(F)F)c(F)cc4c3)nc2)OC1. The van der Waals surface area contributed by atoms with E-state index in [1.807, 2.05) is 12.2 Å². The summed E-state index contributed by atoms with van der Waals surface area (Å²) in [6.07, 6.45) is 2.56. The fourth-order valence-corrected chi connectivity index (χ4v) is 3.76. The van der Waals surface area contributed by atoms with Gasteiger partial charge in [0.2, 0.25) is 0 Å². The summed E-state index contributed by atoms with van der Waals surface area (Å²) in [6, 6.07) is 6.48. The second-order valence-corrected chi connectivity index (χ2v) is 8.24. The van der Waals surface area contributed by atoms with Gasteiger partial charge in [-0.2, -0.15) is 13.2 Å². The van der Waals surface area contributed by atoms with Gasteiger partial charge in [-0.3, -0.25) is 4.98 Å². The Kier molecular flexibility index (Phi) is 6.67. The Morgan fingerprint density at radius 3 is 2.50 bits per heavy atom. The van der Waals surface area contributed by atoms with Crippen molar-refractivity contribution in [3.05, 3.63) is 71.2 Å². The van der Waals surface area contributed by atoms with E-state index in [1.165, 1.54) is 12.0 Å². The lowest BCUT2D eigenvalue weighted by atomic mass is 9.99. The van der Waals surface area contributed by atoms with Gasteiger partial charge in [0.1, 0.15) is 11.6 Å². The predicted octanol–water partition coefficient (Wildman–Crippen LogP) is 7.06. The lowest BCUT2D eigenvalue weighted by Crippen LogP contribution is -2.22. The molecule has 2 aromatic carbocycles. The summed E-state index contributed by atoms with van der Waals surface area (Å²) >= 11 is 0. The quantitative estimate of drug-likeness (QED) is 0.299. The van der Waals surface area contributed by atoms with Crippen molar-refractivity contribution in [2.24, 2.45) is 5.92 Å². The molecule has 0 radical (unpaired) electrons. The summed E-state index contributed by atoms with van der Waals surface area (Å²) in [4.78, 5) is 4.30. The lowest BCUT2D eigenvalue weighted by Gasteiger charge is -2.24. The lowest BCUT2D eigenvalue weighted by molar-refractivity contribution is -0.0696. The van der Waals surface area contributed by atoms with Crippen LogP contribution < -0.4 is 0 Å². The minimum absolute atomic E-state index is 0.0426. The molecule has 1 saturated heterocycles. The van der Waals surface area contributed by atoms with Crippen molar-refractivity contribution in [3.8, 4) is 23.1 Å². The molecule has 176 valence electrons. The number of alkyl halides is 3. The molecule has 2 heterocycles. The monoisotopic (exact) mass is 475 g/mol. The Bertz CT molecular complexity index is 1290. The molecule has 0 spiro atoms. The van der Waals surface area contributed by atoms with Gasteiger partial charge >= 0.3 is 6.18 Å². The molecule has 2 nitrogen and oxygen atoms in total. The maximum atomic E-state index is 14.7. The van der Waals surface area contributed by atoms with Crippen LogP contribution in [0.3, 0.4) is 0 Å². The number of ether oxygens (including phenoxy) is 1. The summed E-state index contributed by atoms with van der Waals surface area (Å²) in [5.41, 5.74) is 0.292. The largest absolute Gasteiger partial charge is 0.458 e. The number of benzene rings is 2. The highest BCUT2D eigenvalue weighted by molar-refractivity contribution is 5.89. The van der Waals surface area contributed by atoms with Crippen LogP contribution in [0, 0.1) is 35.2 Å². The molecule has 0 aliphatic carbocycles. The van der Waals surface area contributed by atoms with Gasteiger partial charge in [0, 0.05) is 24.3 Å². The van der Waals surface area contributed by atoms with Crippen molar-refractivity contribution in [2.45, 2.75) is 32.0 Å².